The van der Waals surface area contributed by atoms with Gasteiger partial charge in [-0.25, -0.2) is 4.79 Å². The van der Waals surface area contributed by atoms with E-state index in [0.717, 1.165) is 6.42 Å². The molecule has 6 heteroatoms. The van der Waals surface area contributed by atoms with Crippen molar-refractivity contribution in [1.82, 2.24) is 9.80 Å². The predicted octanol–water partition coefficient (Wildman–Crippen LogP) is 1.88. The van der Waals surface area contributed by atoms with Gasteiger partial charge in [0.25, 0.3) is 0 Å². The Labute approximate surface area is 132 Å². The van der Waals surface area contributed by atoms with E-state index in [0.29, 0.717) is 45.1 Å². The second kappa shape index (κ2) is 6.86. The SMILES string of the molecule is CC1CN(C(=O)CCC2CN(C(=O)OC(C)(C)C)C2)CCO1. The largest absolute Gasteiger partial charge is 0.444 e. The van der Waals surface area contributed by atoms with E-state index in [1.807, 2.05) is 32.6 Å². The Morgan fingerprint density at radius 3 is 2.45 bits per heavy atom. The summed E-state index contributed by atoms with van der Waals surface area (Å²) < 4.78 is 10.8. The smallest absolute Gasteiger partial charge is 0.410 e. The van der Waals surface area contributed by atoms with E-state index in [-0.39, 0.29) is 18.1 Å². The molecule has 0 aliphatic carbocycles. The summed E-state index contributed by atoms with van der Waals surface area (Å²) in [5.41, 5.74) is -0.453. The molecule has 0 aromatic carbocycles. The van der Waals surface area contributed by atoms with Crippen LogP contribution in [0.4, 0.5) is 4.79 Å². The molecule has 2 aliphatic heterocycles. The van der Waals surface area contributed by atoms with E-state index in [2.05, 4.69) is 0 Å². The van der Waals surface area contributed by atoms with Gasteiger partial charge in [0, 0.05) is 32.6 Å². The van der Waals surface area contributed by atoms with Crippen LogP contribution in [-0.4, -0.2) is 66.3 Å². The van der Waals surface area contributed by atoms with Crippen molar-refractivity contribution in [3.05, 3.63) is 0 Å². The highest BCUT2D eigenvalue weighted by Gasteiger charge is 2.34. The van der Waals surface area contributed by atoms with Gasteiger partial charge in [-0.15, -0.1) is 0 Å². The van der Waals surface area contributed by atoms with Crippen molar-refractivity contribution >= 4 is 12.0 Å². The summed E-state index contributed by atoms with van der Waals surface area (Å²) in [4.78, 5) is 27.6. The number of amides is 2. The molecule has 2 heterocycles. The third kappa shape index (κ3) is 4.87. The fourth-order valence-corrected chi connectivity index (χ4v) is 2.76. The van der Waals surface area contributed by atoms with E-state index in [1.165, 1.54) is 0 Å². The second-order valence-electron chi connectivity index (χ2n) is 7.31. The first-order chi connectivity index (χ1) is 10.2. The number of ether oxygens (including phenoxy) is 2. The highest BCUT2D eigenvalue weighted by Crippen LogP contribution is 2.23. The molecule has 0 saturated carbocycles. The lowest BCUT2D eigenvalue weighted by Crippen LogP contribution is -2.52. The molecule has 0 aromatic rings. The number of hydrogen-bond donors (Lipinski definition) is 0. The second-order valence-corrected chi connectivity index (χ2v) is 7.31. The highest BCUT2D eigenvalue weighted by atomic mass is 16.6. The summed E-state index contributed by atoms with van der Waals surface area (Å²) in [5.74, 6) is 0.612. The van der Waals surface area contributed by atoms with Gasteiger partial charge in [-0.2, -0.15) is 0 Å². The Balaban J connectivity index is 1.64. The van der Waals surface area contributed by atoms with E-state index < -0.39 is 5.60 Å². The van der Waals surface area contributed by atoms with Gasteiger partial charge in [0.2, 0.25) is 5.91 Å². The van der Waals surface area contributed by atoms with Gasteiger partial charge in [-0.05, 0) is 40.0 Å². The Morgan fingerprint density at radius 1 is 1.18 bits per heavy atom. The zero-order valence-electron chi connectivity index (χ0n) is 14.1. The van der Waals surface area contributed by atoms with E-state index >= 15 is 0 Å². The van der Waals surface area contributed by atoms with Crippen molar-refractivity contribution in [2.45, 2.75) is 52.2 Å². The molecule has 22 heavy (non-hydrogen) atoms. The van der Waals surface area contributed by atoms with Crippen molar-refractivity contribution in [2.24, 2.45) is 5.92 Å². The normalized spacial score (nSPS) is 23.2. The maximum absolute atomic E-state index is 12.2. The van der Waals surface area contributed by atoms with Crippen molar-refractivity contribution in [3.63, 3.8) is 0 Å². The van der Waals surface area contributed by atoms with Crippen molar-refractivity contribution in [2.75, 3.05) is 32.8 Å². The fraction of sp³-hybridized carbons (Fsp3) is 0.875. The van der Waals surface area contributed by atoms with Gasteiger partial charge < -0.3 is 19.3 Å². The number of carbonyl (C=O) groups is 2. The molecule has 0 radical (unpaired) electrons. The van der Waals surface area contributed by atoms with E-state index in [9.17, 15) is 9.59 Å². The number of likely N-dealkylation sites (tertiary alicyclic amines) is 1. The number of hydrogen-bond acceptors (Lipinski definition) is 4. The molecule has 1 unspecified atom stereocenters. The molecule has 2 fully saturated rings. The van der Waals surface area contributed by atoms with Gasteiger partial charge in [0.1, 0.15) is 5.60 Å². The number of rotatable bonds is 3. The van der Waals surface area contributed by atoms with Gasteiger partial charge in [-0.1, -0.05) is 0 Å². The summed E-state index contributed by atoms with van der Waals surface area (Å²) in [5, 5.41) is 0. The molecular weight excluding hydrogens is 284 g/mol. The molecule has 0 aromatic heterocycles. The first-order valence-electron chi connectivity index (χ1n) is 8.12. The first kappa shape index (κ1) is 17.1. The number of morpholine rings is 1. The predicted molar refractivity (Wildman–Crippen MR) is 82.5 cm³/mol. The first-order valence-corrected chi connectivity index (χ1v) is 8.12. The third-order valence-electron chi connectivity index (χ3n) is 3.97. The lowest BCUT2D eigenvalue weighted by Gasteiger charge is -2.40. The summed E-state index contributed by atoms with van der Waals surface area (Å²) >= 11 is 0. The Bertz CT molecular complexity index is 413. The molecule has 2 amide bonds. The maximum atomic E-state index is 12.2. The van der Waals surface area contributed by atoms with Gasteiger partial charge in [-0.3, -0.25) is 4.79 Å². The Hall–Kier alpha value is -1.30. The molecule has 2 saturated heterocycles. The molecule has 1 atom stereocenters. The number of carbonyl (C=O) groups excluding carboxylic acids is 2. The fourth-order valence-electron chi connectivity index (χ4n) is 2.76. The molecule has 6 nitrogen and oxygen atoms in total. The Kier molecular flexibility index (Phi) is 5.32. The van der Waals surface area contributed by atoms with Gasteiger partial charge in [0.15, 0.2) is 0 Å². The Morgan fingerprint density at radius 2 is 1.86 bits per heavy atom. The molecule has 2 rings (SSSR count). The summed E-state index contributed by atoms with van der Waals surface area (Å²) in [6.45, 7) is 11.0. The van der Waals surface area contributed by atoms with Crippen LogP contribution in [0.15, 0.2) is 0 Å². The molecule has 2 aliphatic rings. The van der Waals surface area contributed by atoms with Crippen LogP contribution in [0, 0.1) is 5.92 Å². The molecule has 0 spiro atoms. The third-order valence-corrected chi connectivity index (χ3v) is 3.97. The van der Waals surface area contributed by atoms with Crippen LogP contribution >= 0.6 is 0 Å². The van der Waals surface area contributed by atoms with Crippen LogP contribution in [0.2, 0.25) is 0 Å². The average Bonchev–Trinajstić information content (AvgIpc) is 2.34. The minimum Gasteiger partial charge on any atom is -0.444 e. The van der Waals surface area contributed by atoms with Crippen molar-refractivity contribution in [3.8, 4) is 0 Å². The van der Waals surface area contributed by atoms with Crippen LogP contribution in [0.1, 0.15) is 40.5 Å². The van der Waals surface area contributed by atoms with Crippen LogP contribution in [0.3, 0.4) is 0 Å². The highest BCUT2D eigenvalue weighted by molar-refractivity contribution is 5.76. The zero-order valence-corrected chi connectivity index (χ0v) is 14.1. The minimum atomic E-state index is -0.453. The average molecular weight is 312 g/mol. The number of nitrogens with zero attached hydrogens (tertiary/aromatic N) is 2. The molecular formula is C16H28N2O4. The monoisotopic (exact) mass is 312 g/mol. The quantitative estimate of drug-likeness (QED) is 0.798. The maximum Gasteiger partial charge on any atom is 0.410 e. The van der Waals surface area contributed by atoms with Crippen LogP contribution < -0.4 is 0 Å². The molecule has 126 valence electrons. The molecule has 0 N–H and O–H groups in total. The van der Waals surface area contributed by atoms with E-state index in [4.69, 9.17) is 9.47 Å². The zero-order chi connectivity index (χ0) is 16.3. The summed E-state index contributed by atoms with van der Waals surface area (Å²) in [6.07, 6.45) is 1.27. The standard InChI is InChI=1S/C16H28N2O4/c1-12-9-17(7-8-21-12)14(19)6-5-13-10-18(11-13)15(20)22-16(2,3)4/h12-13H,5-11H2,1-4H3. The lowest BCUT2D eigenvalue weighted by atomic mass is 9.95. The minimum absolute atomic E-state index is 0.129. The van der Waals surface area contributed by atoms with Crippen LogP contribution in [-0.2, 0) is 14.3 Å². The lowest BCUT2D eigenvalue weighted by molar-refractivity contribution is -0.138. The van der Waals surface area contributed by atoms with Gasteiger partial charge in [0.05, 0.1) is 12.7 Å². The van der Waals surface area contributed by atoms with Crippen LogP contribution in [0.5, 0.6) is 0 Å². The van der Waals surface area contributed by atoms with E-state index in [1.54, 1.807) is 4.90 Å². The van der Waals surface area contributed by atoms with Crippen molar-refractivity contribution in [1.29, 1.82) is 0 Å². The van der Waals surface area contributed by atoms with Crippen molar-refractivity contribution < 1.29 is 19.1 Å². The summed E-state index contributed by atoms with van der Waals surface area (Å²) in [6, 6.07) is 0. The van der Waals surface area contributed by atoms with Gasteiger partial charge >= 0.3 is 6.09 Å². The van der Waals surface area contributed by atoms with Crippen LogP contribution in [0.25, 0.3) is 0 Å². The topological polar surface area (TPSA) is 59.1 Å². The summed E-state index contributed by atoms with van der Waals surface area (Å²) in [7, 11) is 0. The molecule has 0 bridgehead atoms.